The van der Waals surface area contributed by atoms with Crippen molar-refractivity contribution in [3.63, 3.8) is 0 Å². The van der Waals surface area contributed by atoms with Gasteiger partial charge in [0.1, 0.15) is 11.5 Å². The van der Waals surface area contributed by atoms with Gasteiger partial charge in [0, 0.05) is 5.92 Å². The Bertz CT molecular complexity index is 616. The molecule has 0 bridgehead atoms. The highest BCUT2D eigenvalue weighted by atomic mass is 16.5. The van der Waals surface area contributed by atoms with Crippen LogP contribution < -0.4 is 9.47 Å². The summed E-state index contributed by atoms with van der Waals surface area (Å²) in [5.74, 6) is 2.99. The Labute approximate surface area is 126 Å². The van der Waals surface area contributed by atoms with Gasteiger partial charge in [-0.2, -0.15) is 0 Å². The number of aryl methyl sites for hydroxylation is 1. The molecule has 0 saturated heterocycles. The molecule has 0 amide bonds. The Morgan fingerprint density at radius 1 is 0.905 bits per heavy atom. The van der Waals surface area contributed by atoms with E-state index >= 15 is 0 Å². The third-order valence-corrected chi connectivity index (χ3v) is 4.60. The first-order valence-corrected chi connectivity index (χ1v) is 7.53. The van der Waals surface area contributed by atoms with Crippen LogP contribution in [0.1, 0.15) is 36.0 Å². The molecule has 0 saturated carbocycles. The Hall–Kier alpha value is -1.96. The van der Waals surface area contributed by atoms with Crippen LogP contribution in [0.4, 0.5) is 0 Å². The first kappa shape index (κ1) is 14.0. The molecule has 0 N–H and O–H groups in total. The van der Waals surface area contributed by atoms with Crippen molar-refractivity contribution in [1.29, 1.82) is 0 Å². The first-order valence-electron chi connectivity index (χ1n) is 7.53. The van der Waals surface area contributed by atoms with Crippen LogP contribution in [0.5, 0.6) is 11.5 Å². The summed E-state index contributed by atoms with van der Waals surface area (Å²) >= 11 is 0. The molecule has 2 aromatic rings. The molecule has 21 heavy (non-hydrogen) atoms. The average Bonchev–Trinajstić information content (AvgIpc) is 2.54. The van der Waals surface area contributed by atoms with E-state index in [0.717, 1.165) is 17.9 Å². The van der Waals surface area contributed by atoms with E-state index in [2.05, 4.69) is 49.4 Å². The van der Waals surface area contributed by atoms with E-state index in [-0.39, 0.29) is 0 Å². The average molecular weight is 282 g/mol. The summed E-state index contributed by atoms with van der Waals surface area (Å²) in [6.07, 6.45) is 2.36. The van der Waals surface area contributed by atoms with E-state index in [1.165, 1.54) is 23.1 Å². The molecule has 0 aliphatic heterocycles. The lowest BCUT2D eigenvalue weighted by Gasteiger charge is -2.32. The summed E-state index contributed by atoms with van der Waals surface area (Å²) in [4.78, 5) is 0. The first-order chi connectivity index (χ1) is 10.2. The molecule has 110 valence electrons. The highest BCUT2D eigenvalue weighted by Crippen LogP contribution is 2.42. The normalized spacial score (nSPS) is 20.7. The molecule has 2 atom stereocenters. The van der Waals surface area contributed by atoms with Crippen molar-refractivity contribution in [2.45, 2.75) is 25.7 Å². The van der Waals surface area contributed by atoms with Crippen LogP contribution in [0.25, 0.3) is 0 Å². The van der Waals surface area contributed by atoms with Gasteiger partial charge in [0.2, 0.25) is 0 Å². The van der Waals surface area contributed by atoms with E-state index < -0.39 is 0 Å². The van der Waals surface area contributed by atoms with Crippen LogP contribution in [-0.2, 0) is 6.42 Å². The van der Waals surface area contributed by atoms with Crippen LogP contribution in [0.3, 0.4) is 0 Å². The van der Waals surface area contributed by atoms with Crippen molar-refractivity contribution in [3.8, 4) is 11.5 Å². The monoisotopic (exact) mass is 282 g/mol. The Morgan fingerprint density at radius 2 is 1.57 bits per heavy atom. The molecular formula is C19H22O2. The molecule has 2 nitrogen and oxygen atoms in total. The highest BCUT2D eigenvalue weighted by Gasteiger charge is 2.28. The van der Waals surface area contributed by atoms with Gasteiger partial charge < -0.3 is 9.47 Å². The molecule has 2 heteroatoms. The van der Waals surface area contributed by atoms with E-state index in [0.29, 0.717) is 11.8 Å². The van der Waals surface area contributed by atoms with Crippen LogP contribution in [-0.4, -0.2) is 14.2 Å². The molecule has 0 radical (unpaired) electrons. The Balaban J connectivity index is 2.01. The molecule has 2 unspecified atom stereocenters. The van der Waals surface area contributed by atoms with Crippen molar-refractivity contribution in [2.75, 3.05) is 14.2 Å². The van der Waals surface area contributed by atoms with E-state index in [1.807, 2.05) is 0 Å². The largest absolute Gasteiger partial charge is 0.497 e. The van der Waals surface area contributed by atoms with Gasteiger partial charge in [-0.05, 0) is 59.7 Å². The molecule has 0 fully saturated rings. The second-order valence-electron chi connectivity index (χ2n) is 5.83. The van der Waals surface area contributed by atoms with Crippen molar-refractivity contribution in [3.05, 3.63) is 59.2 Å². The third-order valence-electron chi connectivity index (χ3n) is 4.60. The maximum Gasteiger partial charge on any atom is 0.119 e. The van der Waals surface area contributed by atoms with E-state index in [1.54, 1.807) is 14.2 Å². The minimum Gasteiger partial charge on any atom is -0.497 e. The van der Waals surface area contributed by atoms with Crippen molar-refractivity contribution < 1.29 is 9.47 Å². The summed E-state index contributed by atoms with van der Waals surface area (Å²) in [5, 5.41) is 0. The number of methoxy groups -OCH3 is 2. The zero-order valence-electron chi connectivity index (χ0n) is 12.9. The van der Waals surface area contributed by atoms with Gasteiger partial charge in [-0.1, -0.05) is 25.1 Å². The molecule has 3 rings (SSSR count). The number of ether oxygens (including phenoxy) is 2. The molecule has 1 aliphatic carbocycles. The molecule has 0 aromatic heterocycles. The predicted molar refractivity (Wildman–Crippen MR) is 85.3 cm³/mol. The quantitative estimate of drug-likeness (QED) is 0.829. The third kappa shape index (κ3) is 2.63. The van der Waals surface area contributed by atoms with Crippen molar-refractivity contribution >= 4 is 0 Å². The summed E-state index contributed by atoms with van der Waals surface area (Å²) < 4.78 is 10.6. The molecular weight excluding hydrogens is 260 g/mol. The lowest BCUT2D eigenvalue weighted by molar-refractivity contribution is 0.408. The number of hydrogen-bond donors (Lipinski definition) is 0. The van der Waals surface area contributed by atoms with Gasteiger partial charge >= 0.3 is 0 Å². The summed E-state index contributed by atoms with van der Waals surface area (Å²) in [5.41, 5.74) is 4.24. The van der Waals surface area contributed by atoms with Gasteiger partial charge in [-0.15, -0.1) is 0 Å². The van der Waals surface area contributed by atoms with Gasteiger partial charge in [-0.25, -0.2) is 0 Å². The topological polar surface area (TPSA) is 18.5 Å². The second-order valence-corrected chi connectivity index (χ2v) is 5.83. The molecule has 1 aliphatic rings. The SMILES string of the molecule is COc1ccc(C2c3ccc(OC)cc3CCC2C)cc1. The van der Waals surface area contributed by atoms with Crippen molar-refractivity contribution in [1.82, 2.24) is 0 Å². The summed E-state index contributed by atoms with van der Waals surface area (Å²) in [6.45, 7) is 2.35. The fourth-order valence-electron chi connectivity index (χ4n) is 3.40. The highest BCUT2D eigenvalue weighted by molar-refractivity contribution is 5.45. The smallest absolute Gasteiger partial charge is 0.119 e. The Kier molecular flexibility index (Phi) is 3.87. The van der Waals surface area contributed by atoms with Gasteiger partial charge in [-0.3, -0.25) is 0 Å². The van der Waals surface area contributed by atoms with Crippen LogP contribution in [0, 0.1) is 5.92 Å². The zero-order chi connectivity index (χ0) is 14.8. The second kappa shape index (κ2) is 5.80. The fraction of sp³-hybridized carbons (Fsp3) is 0.368. The minimum absolute atomic E-state index is 0.463. The van der Waals surface area contributed by atoms with Gasteiger partial charge in [0.25, 0.3) is 0 Å². The maximum absolute atomic E-state index is 5.36. The maximum atomic E-state index is 5.36. The standard InChI is InChI=1S/C19H22O2/c1-13-4-5-15-12-17(21-3)10-11-18(15)19(13)14-6-8-16(20-2)9-7-14/h6-13,19H,4-5H2,1-3H3. The zero-order valence-corrected chi connectivity index (χ0v) is 12.9. The fourth-order valence-corrected chi connectivity index (χ4v) is 3.40. The van der Waals surface area contributed by atoms with Crippen LogP contribution in [0.2, 0.25) is 0 Å². The Morgan fingerprint density at radius 3 is 2.24 bits per heavy atom. The van der Waals surface area contributed by atoms with Crippen molar-refractivity contribution in [2.24, 2.45) is 5.92 Å². The van der Waals surface area contributed by atoms with Crippen LogP contribution in [0.15, 0.2) is 42.5 Å². The van der Waals surface area contributed by atoms with E-state index in [9.17, 15) is 0 Å². The molecule has 0 heterocycles. The lowest BCUT2D eigenvalue weighted by Crippen LogP contribution is -2.19. The van der Waals surface area contributed by atoms with Gasteiger partial charge in [0.15, 0.2) is 0 Å². The lowest BCUT2D eigenvalue weighted by atomic mass is 9.72. The number of fused-ring (bicyclic) bond motifs is 1. The predicted octanol–water partition coefficient (Wildman–Crippen LogP) is 4.42. The number of rotatable bonds is 3. The summed E-state index contributed by atoms with van der Waals surface area (Å²) in [6, 6.07) is 15.0. The summed E-state index contributed by atoms with van der Waals surface area (Å²) in [7, 11) is 3.44. The number of benzene rings is 2. The van der Waals surface area contributed by atoms with Crippen LogP contribution >= 0.6 is 0 Å². The molecule has 0 spiro atoms. The minimum atomic E-state index is 0.463. The number of hydrogen-bond acceptors (Lipinski definition) is 2. The van der Waals surface area contributed by atoms with Gasteiger partial charge in [0.05, 0.1) is 14.2 Å². The van der Waals surface area contributed by atoms with E-state index in [4.69, 9.17) is 9.47 Å². The molecule has 2 aromatic carbocycles.